The number of nitrogens with one attached hydrogen (secondary N) is 1. The second-order valence-corrected chi connectivity index (χ2v) is 5.95. The van der Waals surface area contributed by atoms with Crippen LogP contribution in [0, 0.1) is 0 Å². The van der Waals surface area contributed by atoms with Crippen LogP contribution in [-0.4, -0.2) is 44.7 Å². The summed E-state index contributed by atoms with van der Waals surface area (Å²) in [5, 5.41) is 3.30. The Hall–Kier alpha value is -1.75. The molecule has 1 aliphatic rings. The molecule has 0 saturated carbocycles. The van der Waals surface area contributed by atoms with Crippen molar-refractivity contribution in [2.75, 3.05) is 43.0 Å². The highest BCUT2D eigenvalue weighted by Gasteiger charge is 2.34. The molecule has 21 heavy (non-hydrogen) atoms. The van der Waals surface area contributed by atoms with Gasteiger partial charge in [-0.1, -0.05) is 19.1 Å². The minimum Gasteiger partial charge on any atom is -0.371 e. The second kappa shape index (κ2) is 6.35. The summed E-state index contributed by atoms with van der Waals surface area (Å²) in [5.74, 6) is -0.299. The predicted octanol–water partition coefficient (Wildman–Crippen LogP) is 1.19. The summed E-state index contributed by atoms with van der Waals surface area (Å²) in [7, 11) is 2.10. The van der Waals surface area contributed by atoms with E-state index in [1.165, 1.54) is 5.69 Å². The standard InChI is InChI=1S/C16H26N4O/c1-4-9-18-16(2,15(17)21)12-20-11-10-19(3)13-7-5-6-8-14(13)20/h5-8,18H,4,9-12H2,1-3H3,(H2,17,21). The van der Waals surface area contributed by atoms with E-state index in [1.54, 1.807) is 0 Å². The molecule has 1 aromatic rings. The third kappa shape index (κ3) is 3.29. The van der Waals surface area contributed by atoms with Crippen molar-refractivity contribution < 1.29 is 4.79 Å². The van der Waals surface area contributed by atoms with Crippen LogP contribution in [0.15, 0.2) is 24.3 Å². The third-order valence-corrected chi connectivity index (χ3v) is 4.16. The molecule has 1 aliphatic heterocycles. The Bertz CT molecular complexity index is 505. The van der Waals surface area contributed by atoms with Gasteiger partial charge >= 0.3 is 0 Å². The summed E-state index contributed by atoms with van der Waals surface area (Å²) in [6.07, 6.45) is 0.974. The van der Waals surface area contributed by atoms with Crippen molar-refractivity contribution in [1.82, 2.24) is 5.32 Å². The topological polar surface area (TPSA) is 61.6 Å². The zero-order chi connectivity index (χ0) is 15.5. The van der Waals surface area contributed by atoms with Crippen LogP contribution in [0.1, 0.15) is 20.3 Å². The molecule has 1 aromatic carbocycles. The van der Waals surface area contributed by atoms with Crippen LogP contribution in [0.25, 0.3) is 0 Å². The molecule has 116 valence electrons. The Labute approximate surface area is 127 Å². The van der Waals surface area contributed by atoms with E-state index in [2.05, 4.69) is 41.2 Å². The lowest BCUT2D eigenvalue weighted by atomic mass is 9.99. The van der Waals surface area contributed by atoms with Crippen molar-refractivity contribution in [2.45, 2.75) is 25.8 Å². The highest BCUT2D eigenvalue weighted by atomic mass is 16.1. The summed E-state index contributed by atoms with van der Waals surface area (Å²) >= 11 is 0. The number of anilines is 2. The fourth-order valence-corrected chi connectivity index (χ4v) is 2.73. The van der Waals surface area contributed by atoms with Crippen LogP contribution in [-0.2, 0) is 4.79 Å². The molecule has 5 heteroatoms. The number of primary amides is 1. The van der Waals surface area contributed by atoms with Gasteiger partial charge in [0.2, 0.25) is 5.91 Å². The molecule has 1 heterocycles. The molecule has 0 aliphatic carbocycles. The highest BCUT2D eigenvalue weighted by molar-refractivity contribution is 5.85. The number of fused-ring (bicyclic) bond motifs is 1. The quantitative estimate of drug-likeness (QED) is 0.826. The van der Waals surface area contributed by atoms with Crippen molar-refractivity contribution in [3.63, 3.8) is 0 Å². The number of carbonyl (C=O) groups is 1. The molecule has 2 rings (SSSR count). The van der Waals surface area contributed by atoms with Crippen LogP contribution in [0.2, 0.25) is 0 Å². The number of para-hydroxylation sites is 2. The minimum atomic E-state index is -0.709. The number of carbonyl (C=O) groups excluding carboxylic acids is 1. The van der Waals surface area contributed by atoms with E-state index < -0.39 is 5.54 Å². The van der Waals surface area contributed by atoms with Gasteiger partial charge in [-0.3, -0.25) is 4.79 Å². The van der Waals surface area contributed by atoms with Gasteiger partial charge in [0, 0.05) is 26.7 Å². The predicted molar refractivity (Wildman–Crippen MR) is 87.8 cm³/mol. The second-order valence-electron chi connectivity index (χ2n) is 5.95. The van der Waals surface area contributed by atoms with Gasteiger partial charge in [0.1, 0.15) is 5.54 Å². The van der Waals surface area contributed by atoms with Gasteiger partial charge in [0.05, 0.1) is 11.4 Å². The maximum absolute atomic E-state index is 11.9. The lowest BCUT2D eigenvalue weighted by Gasteiger charge is -2.41. The Morgan fingerprint density at radius 2 is 2.00 bits per heavy atom. The monoisotopic (exact) mass is 290 g/mol. The SMILES string of the molecule is CCCNC(C)(CN1CCN(C)c2ccccc21)C(N)=O. The number of amides is 1. The number of hydrogen-bond donors (Lipinski definition) is 2. The van der Waals surface area contributed by atoms with E-state index in [0.29, 0.717) is 6.54 Å². The molecule has 5 nitrogen and oxygen atoms in total. The summed E-state index contributed by atoms with van der Waals surface area (Å²) in [4.78, 5) is 16.4. The molecule has 3 N–H and O–H groups in total. The first-order valence-electron chi connectivity index (χ1n) is 7.58. The Morgan fingerprint density at radius 1 is 1.33 bits per heavy atom. The van der Waals surface area contributed by atoms with Crippen molar-refractivity contribution in [1.29, 1.82) is 0 Å². The van der Waals surface area contributed by atoms with Crippen LogP contribution >= 0.6 is 0 Å². The summed E-state index contributed by atoms with van der Waals surface area (Å²) < 4.78 is 0. The lowest BCUT2D eigenvalue weighted by molar-refractivity contribution is -0.123. The average Bonchev–Trinajstić information content (AvgIpc) is 2.48. The van der Waals surface area contributed by atoms with Crippen molar-refractivity contribution in [3.8, 4) is 0 Å². The molecule has 0 bridgehead atoms. The van der Waals surface area contributed by atoms with Gasteiger partial charge in [-0.2, -0.15) is 0 Å². The normalized spacial score (nSPS) is 17.3. The van der Waals surface area contributed by atoms with Crippen molar-refractivity contribution in [2.24, 2.45) is 5.73 Å². The Kier molecular flexibility index (Phi) is 4.73. The van der Waals surface area contributed by atoms with Gasteiger partial charge in [0.15, 0.2) is 0 Å². The fraction of sp³-hybridized carbons (Fsp3) is 0.562. The van der Waals surface area contributed by atoms with Crippen molar-refractivity contribution in [3.05, 3.63) is 24.3 Å². The number of nitrogens with two attached hydrogens (primary N) is 1. The Morgan fingerprint density at radius 3 is 2.62 bits per heavy atom. The first-order valence-corrected chi connectivity index (χ1v) is 7.58. The van der Waals surface area contributed by atoms with Crippen LogP contribution in [0.5, 0.6) is 0 Å². The number of hydrogen-bond acceptors (Lipinski definition) is 4. The van der Waals surface area contributed by atoms with Gasteiger partial charge in [-0.05, 0) is 32.0 Å². The number of nitrogens with zero attached hydrogens (tertiary/aromatic N) is 2. The Balaban J connectivity index is 2.22. The minimum absolute atomic E-state index is 0.299. The summed E-state index contributed by atoms with van der Waals surface area (Å²) in [6, 6.07) is 8.29. The van der Waals surface area contributed by atoms with Crippen LogP contribution < -0.4 is 20.9 Å². The summed E-state index contributed by atoms with van der Waals surface area (Å²) in [5.41, 5.74) is 7.29. The maximum atomic E-state index is 11.9. The molecular weight excluding hydrogens is 264 g/mol. The van der Waals surface area contributed by atoms with E-state index in [1.807, 2.05) is 19.1 Å². The third-order valence-electron chi connectivity index (χ3n) is 4.16. The van der Waals surface area contributed by atoms with Gasteiger partial charge in [-0.15, -0.1) is 0 Å². The lowest BCUT2D eigenvalue weighted by Crippen LogP contribution is -2.61. The molecule has 0 radical (unpaired) electrons. The van der Waals surface area contributed by atoms with E-state index in [9.17, 15) is 4.79 Å². The van der Waals surface area contributed by atoms with Gasteiger partial charge < -0.3 is 20.9 Å². The number of likely N-dealkylation sites (N-methyl/N-ethyl adjacent to an activating group) is 1. The summed E-state index contributed by atoms with van der Waals surface area (Å²) in [6.45, 7) is 7.19. The smallest absolute Gasteiger partial charge is 0.239 e. The zero-order valence-electron chi connectivity index (χ0n) is 13.2. The maximum Gasteiger partial charge on any atom is 0.239 e. The molecule has 1 atom stereocenters. The number of benzene rings is 1. The zero-order valence-corrected chi connectivity index (χ0v) is 13.2. The van der Waals surface area contributed by atoms with Crippen LogP contribution in [0.3, 0.4) is 0 Å². The van der Waals surface area contributed by atoms with E-state index in [0.717, 1.165) is 31.7 Å². The highest BCUT2D eigenvalue weighted by Crippen LogP contribution is 2.32. The van der Waals surface area contributed by atoms with E-state index >= 15 is 0 Å². The van der Waals surface area contributed by atoms with Crippen LogP contribution in [0.4, 0.5) is 11.4 Å². The van der Waals surface area contributed by atoms with Gasteiger partial charge in [-0.25, -0.2) is 0 Å². The molecular formula is C16H26N4O. The van der Waals surface area contributed by atoms with E-state index in [4.69, 9.17) is 5.73 Å². The fourth-order valence-electron chi connectivity index (χ4n) is 2.73. The largest absolute Gasteiger partial charge is 0.371 e. The molecule has 0 aromatic heterocycles. The molecule has 1 amide bonds. The molecule has 0 spiro atoms. The first kappa shape index (κ1) is 15.6. The van der Waals surface area contributed by atoms with Gasteiger partial charge in [0.25, 0.3) is 0 Å². The molecule has 0 fully saturated rings. The number of rotatable bonds is 6. The van der Waals surface area contributed by atoms with E-state index in [-0.39, 0.29) is 5.91 Å². The molecule has 0 saturated heterocycles. The van der Waals surface area contributed by atoms with Crippen molar-refractivity contribution >= 4 is 17.3 Å². The average molecular weight is 290 g/mol. The molecule has 1 unspecified atom stereocenters. The first-order chi connectivity index (χ1) is 9.98.